The van der Waals surface area contributed by atoms with E-state index in [0.717, 1.165) is 12.1 Å². The van der Waals surface area contributed by atoms with Gasteiger partial charge in [-0.2, -0.15) is 0 Å². The molecule has 1 rings (SSSR count). The van der Waals surface area contributed by atoms with E-state index in [0.29, 0.717) is 12.3 Å². The molecular weight excluding hydrogens is 154 g/mol. The molecule has 0 saturated heterocycles. The van der Waals surface area contributed by atoms with E-state index in [-0.39, 0.29) is 6.61 Å². The van der Waals surface area contributed by atoms with Crippen molar-refractivity contribution in [3.05, 3.63) is 29.6 Å². The monoisotopic (exact) mass is 167 g/mol. The lowest BCUT2D eigenvalue weighted by Crippen LogP contribution is -1.99. The quantitative estimate of drug-likeness (QED) is 0.720. The molecule has 0 spiro atoms. The fourth-order valence-electron chi connectivity index (χ4n) is 0.963. The van der Waals surface area contributed by atoms with Gasteiger partial charge in [0, 0.05) is 19.2 Å². The van der Waals surface area contributed by atoms with E-state index in [4.69, 9.17) is 9.84 Å². The van der Waals surface area contributed by atoms with E-state index < -0.39 is 0 Å². The third-order valence-electron chi connectivity index (χ3n) is 1.59. The summed E-state index contributed by atoms with van der Waals surface area (Å²) in [5.74, 6) is 0. The van der Waals surface area contributed by atoms with Crippen LogP contribution in [-0.2, 0) is 17.8 Å². The van der Waals surface area contributed by atoms with Crippen LogP contribution < -0.4 is 0 Å². The van der Waals surface area contributed by atoms with Gasteiger partial charge < -0.3 is 9.84 Å². The molecule has 0 fully saturated rings. The van der Waals surface area contributed by atoms with Crippen molar-refractivity contribution in [1.82, 2.24) is 4.98 Å². The third kappa shape index (κ3) is 2.60. The van der Waals surface area contributed by atoms with Crippen molar-refractivity contribution >= 4 is 0 Å². The molecule has 1 heterocycles. The molecule has 3 nitrogen and oxygen atoms in total. The largest absolute Gasteiger partial charge is 0.390 e. The number of hydrogen-bond acceptors (Lipinski definition) is 3. The molecule has 0 aliphatic heterocycles. The van der Waals surface area contributed by atoms with Crippen LogP contribution >= 0.6 is 0 Å². The van der Waals surface area contributed by atoms with E-state index in [1.54, 1.807) is 13.2 Å². The van der Waals surface area contributed by atoms with Crippen LogP contribution in [0.2, 0.25) is 0 Å². The van der Waals surface area contributed by atoms with Gasteiger partial charge in [-0.05, 0) is 12.1 Å². The zero-order valence-corrected chi connectivity index (χ0v) is 7.16. The summed E-state index contributed by atoms with van der Waals surface area (Å²) < 4.78 is 4.92. The van der Waals surface area contributed by atoms with Gasteiger partial charge in [0.05, 0.1) is 18.9 Å². The van der Waals surface area contributed by atoms with E-state index >= 15 is 0 Å². The second kappa shape index (κ2) is 4.85. The van der Waals surface area contributed by atoms with Crippen LogP contribution in [0.3, 0.4) is 0 Å². The number of aromatic nitrogens is 1. The second-order valence-corrected chi connectivity index (χ2v) is 2.52. The molecular formula is C9H13NO2. The molecule has 0 aliphatic rings. The topological polar surface area (TPSA) is 42.4 Å². The third-order valence-corrected chi connectivity index (χ3v) is 1.59. The Kier molecular flexibility index (Phi) is 3.70. The molecule has 12 heavy (non-hydrogen) atoms. The molecule has 66 valence electrons. The number of aliphatic hydroxyl groups excluding tert-OH is 1. The number of ether oxygens (including phenoxy) is 1. The van der Waals surface area contributed by atoms with Crippen molar-refractivity contribution in [2.75, 3.05) is 13.7 Å². The Morgan fingerprint density at radius 2 is 2.17 bits per heavy atom. The van der Waals surface area contributed by atoms with Crippen molar-refractivity contribution in [3.8, 4) is 0 Å². The predicted octanol–water partition coefficient (Wildman–Crippen LogP) is 0.763. The average Bonchev–Trinajstić information content (AvgIpc) is 2.15. The first-order valence-electron chi connectivity index (χ1n) is 3.91. The highest BCUT2D eigenvalue weighted by atomic mass is 16.5. The summed E-state index contributed by atoms with van der Waals surface area (Å²) in [6.45, 7) is 0.669. The van der Waals surface area contributed by atoms with Crippen molar-refractivity contribution in [2.45, 2.75) is 13.0 Å². The Balaban J connectivity index is 2.60. The molecule has 1 aromatic heterocycles. The summed E-state index contributed by atoms with van der Waals surface area (Å²) >= 11 is 0. The maximum Gasteiger partial charge on any atom is 0.0853 e. The molecule has 0 atom stereocenters. The van der Waals surface area contributed by atoms with E-state index in [1.807, 2.05) is 12.1 Å². The summed E-state index contributed by atoms with van der Waals surface area (Å²) in [6, 6.07) is 5.62. The molecule has 0 radical (unpaired) electrons. The summed E-state index contributed by atoms with van der Waals surface area (Å²) in [4.78, 5) is 4.20. The first-order chi connectivity index (χ1) is 5.86. The number of hydrogen-bond donors (Lipinski definition) is 1. The smallest absolute Gasteiger partial charge is 0.0853 e. The van der Waals surface area contributed by atoms with E-state index in [9.17, 15) is 0 Å². The highest BCUT2D eigenvalue weighted by molar-refractivity contribution is 5.10. The molecule has 0 amide bonds. The zero-order chi connectivity index (χ0) is 8.81. The average molecular weight is 167 g/mol. The van der Waals surface area contributed by atoms with Crippen molar-refractivity contribution in [1.29, 1.82) is 0 Å². The summed E-state index contributed by atoms with van der Waals surface area (Å²) in [5.41, 5.74) is 1.67. The Labute approximate surface area is 72.0 Å². The van der Waals surface area contributed by atoms with Crippen molar-refractivity contribution in [3.63, 3.8) is 0 Å². The number of pyridine rings is 1. The van der Waals surface area contributed by atoms with Gasteiger partial charge in [0.15, 0.2) is 0 Å². The van der Waals surface area contributed by atoms with Crippen LogP contribution in [0.1, 0.15) is 11.4 Å². The van der Waals surface area contributed by atoms with Gasteiger partial charge in [-0.1, -0.05) is 6.07 Å². The van der Waals surface area contributed by atoms with Crippen molar-refractivity contribution in [2.24, 2.45) is 0 Å². The highest BCUT2D eigenvalue weighted by Gasteiger charge is 1.95. The van der Waals surface area contributed by atoms with Crippen LogP contribution in [0, 0.1) is 0 Å². The molecule has 1 aromatic rings. The summed E-state index contributed by atoms with van der Waals surface area (Å²) in [5, 5.41) is 8.79. The SMILES string of the molecule is COCCc1cccc(CO)n1. The number of methoxy groups -OCH3 is 1. The first-order valence-corrected chi connectivity index (χ1v) is 3.91. The van der Waals surface area contributed by atoms with Gasteiger partial charge in [-0.3, -0.25) is 4.98 Å². The first kappa shape index (κ1) is 9.16. The minimum Gasteiger partial charge on any atom is -0.390 e. The van der Waals surface area contributed by atoms with E-state index in [1.165, 1.54) is 0 Å². The summed E-state index contributed by atoms with van der Waals surface area (Å²) in [7, 11) is 1.66. The lowest BCUT2D eigenvalue weighted by atomic mass is 10.2. The van der Waals surface area contributed by atoms with Gasteiger partial charge in [0.25, 0.3) is 0 Å². The molecule has 0 aromatic carbocycles. The Bertz CT molecular complexity index is 238. The number of nitrogens with zero attached hydrogens (tertiary/aromatic N) is 1. The van der Waals surface area contributed by atoms with Crippen molar-refractivity contribution < 1.29 is 9.84 Å². The van der Waals surface area contributed by atoms with Crippen LogP contribution in [-0.4, -0.2) is 23.8 Å². The van der Waals surface area contributed by atoms with Crippen LogP contribution in [0.4, 0.5) is 0 Å². The second-order valence-electron chi connectivity index (χ2n) is 2.52. The normalized spacial score (nSPS) is 10.2. The van der Waals surface area contributed by atoms with Crippen LogP contribution in [0.25, 0.3) is 0 Å². The minimum atomic E-state index is 0.000816. The van der Waals surface area contributed by atoms with Gasteiger partial charge in [0.1, 0.15) is 0 Å². The molecule has 0 saturated carbocycles. The minimum absolute atomic E-state index is 0.000816. The summed E-state index contributed by atoms with van der Waals surface area (Å²) in [6.07, 6.45) is 0.796. The van der Waals surface area contributed by atoms with Gasteiger partial charge >= 0.3 is 0 Å². The van der Waals surface area contributed by atoms with Gasteiger partial charge in [0.2, 0.25) is 0 Å². The lowest BCUT2D eigenvalue weighted by molar-refractivity contribution is 0.201. The molecule has 0 bridgehead atoms. The highest BCUT2D eigenvalue weighted by Crippen LogP contribution is 2.00. The molecule has 1 N–H and O–H groups in total. The number of aliphatic hydroxyl groups is 1. The maximum absolute atomic E-state index is 8.79. The predicted molar refractivity (Wildman–Crippen MR) is 45.7 cm³/mol. The maximum atomic E-state index is 8.79. The van der Waals surface area contributed by atoms with E-state index in [2.05, 4.69) is 4.98 Å². The van der Waals surface area contributed by atoms with Crippen LogP contribution in [0.15, 0.2) is 18.2 Å². The fourth-order valence-corrected chi connectivity index (χ4v) is 0.963. The molecule has 0 unspecified atom stereocenters. The molecule has 3 heteroatoms. The molecule has 0 aliphatic carbocycles. The van der Waals surface area contributed by atoms with Crippen LogP contribution in [0.5, 0.6) is 0 Å². The standard InChI is InChI=1S/C9H13NO2/c1-12-6-5-8-3-2-4-9(7-11)10-8/h2-4,11H,5-7H2,1H3. The van der Waals surface area contributed by atoms with Gasteiger partial charge in [-0.25, -0.2) is 0 Å². The Morgan fingerprint density at radius 3 is 2.83 bits per heavy atom. The Morgan fingerprint density at radius 1 is 1.42 bits per heavy atom. The Hall–Kier alpha value is -0.930. The zero-order valence-electron chi connectivity index (χ0n) is 7.16. The fraction of sp³-hybridized carbons (Fsp3) is 0.444. The van der Waals surface area contributed by atoms with Gasteiger partial charge in [-0.15, -0.1) is 0 Å². The number of rotatable bonds is 4. The lowest BCUT2D eigenvalue weighted by Gasteiger charge is -2.00.